The van der Waals surface area contributed by atoms with Gasteiger partial charge in [0.1, 0.15) is 17.1 Å². The highest BCUT2D eigenvalue weighted by Gasteiger charge is 2.47. The molecule has 0 saturated heterocycles. The molecule has 0 radical (unpaired) electrons. The number of carbonyl (C=O) groups excluding carboxylic acids is 1. The highest BCUT2D eigenvalue weighted by molar-refractivity contribution is 6.07. The van der Waals surface area contributed by atoms with Gasteiger partial charge in [-0.05, 0) is 42.0 Å². The van der Waals surface area contributed by atoms with Gasteiger partial charge in [-0.2, -0.15) is 18.3 Å². The lowest BCUT2D eigenvalue weighted by atomic mass is 9.96. The molecule has 34 heavy (non-hydrogen) atoms. The highest BCUT2D eigenvalue weighted by atomic mass is 19.4. The number of anilines is 2. The highest BCUT2D eigenvalue weighted by Crippen LogP contribution is 2.45. The second-order valence-corrected chi connectivity index (χ2v) is 7.64. The minimum atomic E-state index is -4.57. The lowest BCUT2D eigenvalue weighted by Crippen LogP contribution is -2.36. The summed E-state index contributed by atoms with van der Waals surface area (Å²) in [7, 11) is 4.44. The van der Waals surface area contributed by atoms with Crippen LogP contribution in [0, 0.1) is 0 Å². The van der Waals surface area contributed by atoms with Crippen LogP contribution in [0.25, 0.3) is 0 Å². The van der Waals surface area contributed by atoms with Crippen LogP contribution < -0.4 is 24.8 Å². The van der Waals surface area contributed by atoms with E-state index in [1.807, 2.05) is 0 Å². The molecule has 2 atom stereocenters. The number of hydrogen-bond acceptors (Lipinski definition) is 6. The molecule has 1 aromatic heterocycles. The Morgan fingerprint density at radius 3 is 2.38 bits per heavy atom. The topological polar surface area (TPSA) is 86.6 Å². The van der Waals surface area contributed by atoms with E-state index in [4.69, 9.17) is 14.2 Å². The predicted molar refractivity (Wildman–Crippen MR) is 119 cm³/mol. The van der Waals surface area contributed by atoms with Gasteiger partial charge >= 0.3 is 6.18 Å². The molecule has 0 aliphatic carbocycles. The van der Waals surface area contributed by atoms with Gasteiger partial charge in [-0.15, -0.1) is 0 Å². The first-order valence-corrected chi connectivity index (χ1v) is 10.3. The summed E-state index contributed by atoms with van der Waals surface area (Å²) in [5, 5.41) is 9.64. The van der Waals surface area contributed by atoms with E-state index in [1.165, 1.54) is 21.3 Å². The molecule has 2 aromatic carbocycles. The van der Waals surface area contributed by atoms with E-state index in [-0.39, 0.29) is 17.8 Å². The van der Waals surface area contributed by atoms with Crippen molar-refractivity contribution in [2.45, 2.75) is 24.7 Å². The number of halogens is 3. The van der Waals surface area contributed by atoms with E-state index in [9.17, 15) is 18.0 Å². The van der Waals surface area contributed by atoms with E-state index >= 15 is 0 Å². The van der Waals surface area contributed by atoms with Gasteiger partial charge in [-0.3, -0.25) is 4.79 Å². The zero-order chi connectivity index (χ0) is 24.5. The number of rotatable bonds is 6. The van der Waals surface area contributed by atoms with Gasteiger partial charge in [-0.1, -0.05) is 6.07 Å². The first kappa shape index (κ1) is 23.3. The number of alkyl halides is 3. The summed E-state index contributed by atoms with van der Waals surface area (Å²) < 4.78 is 58.3. The van der Waals surface area contributed by atoms with Crippen LogP contribution in [-0.2, 0) is 0 Å². The average molecular weight is 476 g/mol. The molecule has 0 bridgehead atoms. The van der Waals surface area contributed by atoms with Crippen molar-refractivity contribution in [1.29, 1.82) is 0 Å². The molecule has 0 saturated carbocycles. The van der Waals surface area contributed by atoms with Crippen LogP contribution in [0.1, 0.15) is 34.4 Å². The summed E-state index contributed by atoms with van der Waals surface area (Å²) in [6, 6.07) is 8.83. The number of ether oxygens (including phenoxy) is 3. The average Bonchev–Trinajstić information content (AvgIpc) is 3.27. The van der Waals surface area contributed by atoms with E-state index in [2.05, 4.69) is 15.7 Å². The minimum Gasteiger partial charge on any atom is -0.497 e. The lowest BCUT2D eigenvalue weighted by molar-refractivity contribution is -0.173. The number of fused-ring (bicyclic) bond motifs is 1. The summed E-state index contributed by atoms with van der Waals surface area (Å²) >= 11 is 0. The molecular weight excluding hydrogens is 453 g/mol. The lowest BCUT2D eigenvalue weighted by Gasteiger charge is -2.34. The third-order valence-corrected chi connectivity index (χ3v) is 5.64. The van der Waals surface area contributed by atoms with Crippen LogP contribution in [0.4, 0.5) is 24.7 Å². The number of hydrogen-bond donors (Lipinski definition) is 2. The summed E-state index contributed by atoms with van der Waals surface area (Å²) in [4.78, 5) is 12.9. The molecule has 3 aromatic rings. The Morgan fingerprint density at radius 1 is 1.06 bits per heavy atom. The fourth-order valence-electron chi connectivity index (χ4n) is 3.89. The second-order valence-electron chi connectivity index (χ2n) is 7.64. The Balaban J connectivity index is 1.67. The van der Waals surface area contributed by atoms with Gasteiger partial charge in [0, 0.05) is 12.1 Å². The van der Waals surface area contributed by atoms with Crippen molar-refractivity contribution in [2.75, 3.05) is 32.0 Å². The Kier molecular flexibility index (Phi) is 6.27. The number of nitrogens with one attached hydrogen (secondary N) is 2. The number of aromatic nitrogens is 2. The van der Waals surface area contributed by atoms with Crippen LogP contribution >= 0.6 is 0 Å². The Hall–Kier alpha value is -3.89. The minimum absolute atomic E-state index is 0.00440. The number of methoxy groups -OCH3 is 3. The molecular formula is C23H23F3N4O4. The Bertz CT molecular complexity index is 1180. The van der Waals surface area contributed by atoms with Crippen molar-refractivity contribution in [3.63, 3.8) is 0 Å². The molecule has 2 N–H and O–H groups in total. The molecule has 180 valence electrons. The van der Waals surface area contributed by atoms with Crippen molar-refractivity contribution < 1.29 is 32.2 Å². The van der Waals surface area contributed by atoms with Crippen molar-refractivity contribution in [1.82, 2.24) is 9.78 Å². The fourth-order valence-corrected chi connectivity index (χ4v) is 3.89. The fraction of sp³-hybridized carbons (Fsp3) is 0.304. The normalized spacial score (nSPS) is 17.4. The van der Waals surface area contributed by atoms with Crippen LogP contribution in [0.5, 0.6) is 17.2 Å². The molecule has 0 unspecified atom stereocenters. The van der Waals surface area contributed by atoms with Crippen molar-refractivity contribution in [3.8, 4) is 17.2 Å². The molecule has 8 nitrogen and oxygen atoms in total. The molecule has 1 aliphatic heterocycles. The molecule has 0 spiro atoms. The van der Waals surface area contributed by atoms with Crippen LogP contribution in [-0.4, -0.2) is 43.2 Å². The summed E-state index contributed by atoms with van der Waals surface area (Å²) in [6.07, 6.45) is -3.74. The quantitative estimate of drug-likeness (QED) is 0.531. The maximum Gasteiger partial charge on any atom is 0.410 e. The number of carbonyl (C=O) groups is 1. The maximum atomic E-state index is 14.0. The first-order chi connectivity index (χ1) is 16.2. The standard InChI is InChI=1S/C23H23F3N4O4/c1-32-15-7-5-14(6-8-15)28-22(31)16-12-27-30-20(23(24,25)26)11-17(29-21(16)30)13-4-9-18(33-2)19(10-13)34-3/h4-10,12,17,20,29H,11H2,1-3H3,(H,28,31)/t17-,20+/m0/s1. The SMILES string of the molecule is COc1ccc(NC(=O)c2cnn3c2N[C@H](c2ccc(OC)c(OC)c2)C[C@@H]3C(F)(F)F)cc1. The van der Waals surface area contributed by atoms with Gasteiger partial charge < -0.3 is 24.8 Å². The monoisotopic (exact) mass is 476 g/mol. The predicted octanol–water partition coefficient (Wildman–Crippen LogP) is 4.82. The van der Waals surface area contributed by atoms with Gasteiger partial charge in [0.2, 0.25) is 0 Å². The summed E-state index contributed by atoms with van der Waals surface area (Å²) in [5.74, 6) is 0.849. The van der Waals surface area contributed by atoms with Crippen LogP contribution in [0.3, 0.4) is 0 Å². The van der Waals surface area contributed by atoms with Gasteiger partial charge in [0.05, 0.1) is 33.6 Å². The largest absolute Gasteiger partial charge is 0.497 e. The van der Waals surface area contributed by atoms with E-state index in [0.29, 0.717) is 28.5 Å². The molecule has 11 heteroatoms. The first-order valence-electron chi connectivity index (χ1n) is 10.3. The van der Waals surface area contributed by atoms with Crippen molar-refractivity contribution in [3.05, 3.63) is 59.8 Å². The smallest absolute Gasteiger partial charge is 0.410 e. The Labute approximate surface area is 193 Å². The number of amides is 1. The van der Waals surface area contributed by atoms with Crippen LogP contribution in [0.15, 0.2) is 48.7 Å². The van der Waals surface area contributed by atoms with Crippen LogP contribution in [0.2, 0.25) is 0 Å². The molecule has 1 amide bonds. The van der Waals surface area contributed by atoms with Crippen molar-refractivity contribution in [2.24, 2.45) is 0 Å². The van der Waals surface area contributed by atoms with E-state index in [0.717, 1.165) is 10.9 Å². The van der Waals surface area contributed by atoms with Gasteiger partial charge in [0.15, 0.2) is 17.5 Å². The zero-order valence-electron chi connectivity index (χ0n) is 18.6. The zero-order valence-corrected chi connectivity index (χ0v) is 18.6. The molecule has 4 rings (SSSR count). The molecule has 1 aliphatic rings. The van der Waals surface area contributed by atoms with E-state index < -0.39 is 24.2 Å². The van der Waals surface area contributed by atoms with Crippen molar-refractivity contribution >= 4 is 17.4 Å². The second kappa shape index (κ2) is 9.16. The Morgan fingerprint density at radius 2 is 1.76 bits per heavy atom. The van der Waals surface area contributed by atoms with Gasteiger partial charge in [0.25, 0.3) is 5.91 Å². The molecule has 2 heterocycles. The summed E-state index contributed by atoms with van der Waals surface area (Å²) in [6.45, 7) is 0. The van der Waals surface area contributed by atoms with E-state index in [1.54, 1.807) is 42.5 Å². The number of benzene rings is 2. The van der Waals surface area contributed by atoms with Gasteiger partial charge in [-0.25, -0.2) is 4.68 Å². The number of nitrogens with zero attached hydrogens (tertiary/aromatic N) is 2. The maximum absolute atomic E-state index is 14.0. The summed E-state index contributed by atoms with van der Waals surface area (Å²) in [5.41, 5.74) is 1.02. The third kappa shape index (κ3) is 4.45. The molecule has 0 fully saturated rings. The third-order valence-electron chi connectivity index (χ3n) is 5.64.